The molecule has 164 valence electrons. The zero-order chi connectivity index (χ0) is 22.2. The number of nitrogens with zero attached hydrogens (tertiary/aromatic N) is 2. The fourth-order valence-electron chi connectivity index (χ4n) is 3.21. The van der Waals surface area contributed by atoms with Crippen molar-refractivity contribution in [3.8, 4) is 5.75 Å². The second-order valence-electron chi connectivity index (χ2n) is 7.37. The highest BCUT2D eigenvalue weighted by atomic mass is 35.5. The lowest BCUT2D eigenvalue weighted by atomic mass is 10.1. The molecule has 7 heteroatoms. The number of carbonyl (C=O) groups is 1. The summed E-state index contributed by atoms with van der Waals surface area (Å²) >= 11 is 7.71. The Labute approximate surface area is 192 Å². The van der Waals surface area contributed by atoms with Crippen molar-refractivity contribution in [2.75, 3.05) is 0 Å². The summed E-state index contributed by atoms with van der Waals surface area (Å²) in [6.45, 7) is 4.75. The lowest BCUT2D eigenvalue weighted by Gasteiger charge is -2.29. The molecule has 0 aliphatic heterocycles. The highest BCUT2D eigenvalue weighted by molar-refractivity contribution is 7.09. The lowest BCUT2D eigenvalue weighted by Crippen LogP contribution is -2.38. The molecular formula is C24H27ClN2O3S. The monoisotopic (exact) mass is 458 g/mol. The second-order valence-corrected chi connectivity index (χ2v) is 8.75. The Kier molecular flexibility index (Phi) is 8.46. The first-order valence-corrected chi connectivity index (χ1v) is 11.5. The zero-order valence-corrected chi connectivity index (χ0v) is 19.3. The van der Waals surface area contributed by atoms with Crippen LogP contribution in [0.2, 0.25) is 5.02 Å². The molecule has 1 heterocycles. The first kappa shape index (κ1) is 23.3. The first-order valence-electron chi connectivity index (χ1n) is 10.3. The lowest BCUT2D eigenvalue weighted by molar-refractivity contribution is -0.133. The number of amides is 1. The Hall–Kier alpha value is -2.41. The maximum absolute atomic E-state index is 13.1. The van der Waals surface area contributed by atoms with Crippen LogP contribution in [0.4, 0.5) is 0 Å². The van der Waals surface area contributed by atoms with E-state index in [0.717, 1.165) is 22.6 Å². The van der Waals surface area contributed by atoms with E-state index in [2.05, 4.69) is 18.8 Å². The van der Waals surface area contributed by atoms with E-state index in [0.29, 0.717) is 36.0 Å². The van der Waals surface area contributed by atoms with Crippen LogP contribution in [-0.4, -0.2) is 26.9 Å². The Morgan fingerprint density at radius 1 is 1.26 bits per heavy atom. The van der Waals surface area contributed by atoms with Gasteiger partial charge >= 0.3 is 0 Å². The van der Waals surface area contributed by atoms with Gasteiger partial charge in [0.2, 0.25) is 5.91 Å². The molecule has 31 heavy (non-hydrogen) atoms. The van der Waals surface area contributed by atoms with Crippen LogP contribution in [0.5, 0.6) is 5.75 Å². The standard InChI is InChI=1S/C24H27ClN2O3S/c1-3-17(2)27(24(29)11-18-7-5-4-6-8-18)13-19-12-20(25)9-10-22(19)30-15-23-26-21(14-28)16-31-23/h4-10,12,16-17,28H,3,11,13-15H2,1-2H3. The Morgan fingerprint density at radius 3 is 2.71 bits per heavy atom. The van der Waals surface area contributed by atoms with Crippen LogP contribution in [-0.2, 0) is 31.0 Å². The van der Waals surface area contributed by atoms with Crippen LogP contribution in [0, 0.1) is 0 Å². The Morgan fingerprint density at radius 2 is 2.03 bits per heavy atom. The minimum Gasteiger partial charge on any atom is -0.486 e. The predicted molar refractivity (Wildman–Crippen MR) is 124 cm³/mol. The molecule has 0 aliphatic carbocycles. The molecule has 5 nitrogen and oxygen atoms in total. The van der Waals surface area contributed by atoms with Crippen LogP contribution in [0.3, 0.4) is 0 Å². The third-order valence-corrected chi connectivity index (χ3v) is 6.22. The summed E-state index contributed by atoms with van der Waals surface area (Å²) in [6.07, 6.45) is 1.20. The fraction of sp³-hybridized carbons (Fsp3) is 0.333. The molecule has 2 aromatic carbocycles. The minimum atomic E-state index is -0.0872. The molecule has 0 saturated carbocycles. The summed E-state index contributed by atoms with van der Waals surface area (Å²) in [5.41, 5.74) is 2.48. The predicted octanol–water partition coefficient (Wildman–Crippen LogP) is 5.24. The second kappa shape index (κ2) is 11.3. The average molecular weight is 459 g/mol. The molecule has 1 atom stereocenters. The van der Waals surface area contributed by atoms with Gasteiger partial charge in [0.15, 0.2) is 0 Å². The van der Waals surface area contributed by atoms with E-state index in [4.69, 9.17) is 16.3 Å². The topological polar surface area (TPSA) is 62.7 Å². The number of hydrogen-bond donors (Lipinski definition) is 1. The molecule has 1 unspecified atom stereocenters. The molecule has 1 amide bonds. The molecule has 1 N–H and O–H groups in total. The van der Waals surface area contributed by atoms with Gasteiger partial charge in [-0.05, 0) is 37.1 Å². The van der Waals surface area contributed by atoms with Gasteiger partial charge in [-0.15, -0.1) is 11.3 Å². The molecular weight excluding hydrogens is 432 g/mol. The summed E-state index contributed by atoms with van der Waals surface area (Å²) in [6, 6.07) is 15.3. The van der Waals surface area contributed by atoms with Crippen molar-refractivity contribution in [2.24, 2.45) is 0 Å². The number of benzene rings is 2. The maximum atomic E-state index is 13.1. The molecule has 0 radical (unpaired) electrons. The summed E-state index contributed by atoms with van der Waals surface area (Å²) in [5, 5.41) is 12.4. The number of ether oxygens (including phenoxy) is 1. The number of aliphatic hydroxyl groups is 1. The molecule has 3 aromatic rings. The quantitative estimate of drug-likeness (QED) is 0.451. The van der Waals surface area contributed by atoms with Crippen LogP contribution >= 0.6 is 22.9 Å². The van der Waals surface area contributed by atoms with Gasteiger partial charge in [-0.3, -0.25) is 4.79 Å². The van der Waals surface area contributed by atoms with Gasteiger partial charge < -0.3 is 14.7 Å². The summed E-state index contributed by atoms with van der Waals surface area (Å²) in [4.78, 5) is 19.4. The normalized spacial score (nSPS) is 11.9. The van der Waals surface area contributed by atoms with Crippen molar-refractivity contribution in [3.05, 3.63) is 80.8 Å². The van der Waals surface area contributed by atoms with E-state index in [9.17, 15) is 9.90 Å². The SMILES string of the molecule is CCC(C)N(Cc1cc(Cl)ccc1OCc1nc(CO)cs1)C(=O)Cc1ccccc1. The molecule has 0 saturated heterocycles. The van der Waals surface area contributed by atoms with Gasteiger partial charge in [0.25, 0.3) is 0 Å². The van der Waals surface area contributed by atoms with Crippen molar-refractivity contribution in [3.63, 3.8) is 0 Å². The molecule has 1 aromatic heterocycles. The molecule has 0 fully saturated rings. The smallest absolute Gasteiger partial charge is 0.227 e. The molecule has 3 rings (SSSR count). The molecule has 0 spiro atoms. The van der Waals surface area contributed by atoms with Gasteiger partial charge in [0.1, 0.15) is 17.4 Å². The van der Waals surface area contributed by atoms with Crippen LogP contribution < -0.4 is 4.74 Å². The Bertz CT molecular complexity index is 993. The maximum Gasteiger partial charge on any atom is 0.227 e. The number of rotatable bonds is 10. The number of carbonyl (C=O) groups excluding carboxylic acids is 1. The highest BCUT2D eigenvalue weighted by Crippen LogP contribution is 2.27. The average Bonchev–Trinajstić information content (AvgIpc) is 3.25. The number of halogens is 1. The van der Waals surface area contributed by atoms with Crippen LogP contribution in [0.15, 0.2) is 53.9 Å². The number of aliphatic hydroxyl groups excluding tert-OH is 1. The number of hydrogen-bond acceptors (Lipinski definition) is 5. The largest absolute Gasteiger partial charge is 0.486 e. The summed E-state index contributed by atoms with van der Waals surface area (Å²) in [7, 11) is 0. The highest BCUT2D eigenvalue weighted by Gasteiger charge is 2.21. The third kappa shape index (κ3) is 6.53. The number of aromatic nitrogens is 1. The van der Waals surface area contributed by atoms with Crippen molar-refractivity contribution < 1.29 is 14.6 Å². The van der Waals surface area contributed by atoms with E-state index in [1.54, 1.807) is 6.07 Å². The van der Waals surface area contributed by atoms with E-state index in [-0.39, 0.29) is 18.6 Å². The fourth-order valence-corrected chi connectivity index (χ4v) is 4.10. The Balaban J connectivity index is 1.77. The zero-order valence-electron chi connectivity index (χ0n) is 17.8. The van der Waals surface area contributed by atoms with Gasteiger partial charge in [0, 0.05) is 28.6 Å². The van der Waals surface area contributed by atoms with E-state index in [1.807, 2.05) is 52.7 Å². The summed E-state index contributed by atoms with van der Waals surface area (Å²) in [5.74, 6) is 0.741. The molecule has 0 bridgehead atoms. The van der Waals surface area contributed by atoms with E-state index >= 15 is 0 Å². The van der Waals surface area contributed by atoms with E-state index < -0.39 is 0 Å². The van der Waals surface area contributed by atoms with Gasteiger partial charge in [-0.2, -0.15) is 0 Å². The first-order chi connectivity index (χ1) is 15.0. The van der Waals surface area contributed by atoms with E-state index in [1.165, 1.54) is 11.3 Å². The third-order valence-electron chi connectivity index (χ3n) is 5.12. The van der Waals surface area contributed by atoms with Gasteiger partial charge in [0.05, 0.1) is 18.7 Å². The summed E-state index contributed by atoms with van der Waals surface area (Å²) < 4.78 is 6.02. The van der Waals surface area contributed by atoms with Gasteiger partial charge in [-0.25, -0.2) is 4.98 Å². The van der Waals surface area contributed by atoms with Crippen LogP contribution in [0.1, 0.15) is 42.1 Å². The van der Waals surface area contributed by atoms with Gasteiger partial charge in [-0.1, -0.05) is 48.9 Å². The van der Waals surface area contributed by atoms with Crippen molar-refractivity contribution in [1.82, 2.24) is 9.88 Å². The van der Waals surface area contributed by atoms with Crippen molar-refractivity contribution in [1.29, 1.82) is 0 Å². The van der Waals surface area contributed by atoms with Crippen molar-refractivity contribution in [2.45, 2.75) is 52.5 Å². The minimum absolute atomic E-state index is 0.0685. The van der Waals surface area contributed by atoms with Crippen LogP contribution in [0.25, 0.3) is 0 Å². The van der Waals surface area contributed by atoms with Crippen molar-refractivity contribution >= 4 is 28.8 Å². The molecule has 0 aliphatic rings. The number of thiazole rings is 1.